The minimum atomic E-state index is -0.906. The van der Waals surface area contributed by atoms with Crippen LogP contribution in [0.1, 0.15) is 15.9 Å². The number of phenols is 1. The zero-order chi connectivity index (χ0) is 10.0. The highest BCUT2D eigenvalue weighted by Crippen LogP contribution is 2.21. The number of halogens is 2. The summed E-state index contributed by atoms with van der Waals surface area (Å²) in [6.07, 6.45) is 0. The number of aromatic hydroxyl groups is 1. The molecule has 0 heterocycles. The van der Waals surface area contributed by atoms with Crippen molar-refractivity contribution in [2.24, 2.45) is 0 Å². The third-order valence-corrected chi connectivity index (χ3v) is 1.86. The fourth-order valence-corrected chi connectivity index (χ4v) is 1.17. The molecule has 0 fully saturated rings. The van der Waals surface area contributed by atoms with Crippen LogP contribution in [0.5, 0.6) is 5.75 Å². The van der Waals surface area contributed by atoms with Crippen molar-refractivity contribution in [2.45, 2.75) is 6.92 Å². The molecule has 0 atom stereocenters. The number of phenolic OH excluding ortho intramolecular Hbond substituents is 1. The van der Waals surface area contributed by atoms with E-state index in [0.717, 1.165) is 0 Å². The lowest BCUT2D eigenvalue weighted by molar-refractivity contribution is 0.101. The Morgan fingerprint density at radius 3 is 2.77 bits per heavy atom. The van der Waals surface area contributed by atoms with Gasteiger partial charge >= 0.3 is 0 Å². The molecule has 0 aromatic heterocycles. The van der Waals surface area contributed by atoms with E-state index in [1.165, 1.54) is 12.1 Å². The van der Waals surface area contributed by atoms with Gasteiger partial charge in [-0.1, -0.05) is 0 Å². The first-order valence-electron chi connectivity index (χ1n) is 3.64. The minimum absolute atomic E-state index is 0.160. The summed E-state index contributed by atoms with van der Waals surface area (Å²) in [5.41, 5.74) is 0.458. The van der Waals surface area contributed by atoms with Gasteiger partial charge in [0.15, 0.2) is 17.3 Å². The number of aryl methyl sites for hydroxylation is 1. The van der Waals surface area contributed by atoms with Crippen LogP contribution in [0.3, 0.4) is 0 Å². The van der Waals surface area contributed by atoms with Crippen molar-refractivity contribution in [1.29, 1.82) is 0 Å². The zero-order valence-corrected chi connectivity index (χ0v) is 7.73. The minimum Gasteiger partial charge on any atom is -0.505 e. The van der Waals surface area contributed by atoms with Crippen molar-refractivity contribution in [3.05, 3.63) is 29.1 Å². The average Bonchev–Trinajstić information content (AvgIpc) is 2.10. The predicted octanol–water partition coefficient (Wildman–Crippen LogP) is 2.26. The van der Waals surface area contributed by atoms with Gasteiger partial charge in [0, 0.05) is 0 Å². The summed E-state index contributed by atoms with van der Waals surface area (Å²) in [7, 11) is 0. The highest BCUT2D eigenvalue weighted by atomic mass is 35.5. The van der Waals surface area contributed by atoms with Crippen LogP contribution in [-0.4, -0.2) is 16.8 Å². The average molecular weight is 203 g/mol. The second kappa shape index (κ2) is 3.75. The molecule has 1 aromatic carbocycles. The molecule has 1 aromatic rings. The lowest BCUT2D eigenvalue weighted by Crippen LogP contribution is -2.04. The number of carbonyl (C=O) groups excluding carboxylic acids is 1. The molecule has 0 spiro atoms. The van der Waals surface area contributed by atoms with Crippen molar-refractivity contribution >= 4 is 17.4 Å². The van der Waals surface area contributed by atoms with E-state index in [0.29, 0.717) is 5.56 Å². The van der Waals surface area contributed by atoms with Crippen LogP contribution in [0.2, 0.25) is 0 Å². The van der Waals surface area contributed by atoms with Gasteiger partial charge in [0.2, 0.25) is 0 Å². The number of hydrogen-bond acceptors (Lipinski definition) is 2. The number of benzene rings is 1. The van der Waals surface area contributed by atoms with Crippen LogP contribution in [-0.2, 0) is 0 Å². The molecule has 0 saturated heterocycles. The molecule has 2 nitrogen and oxygen atoms in total. The molecular weight excluding hydrogens is 195 g/mol. The number of Topliss-reactive ketones (excluding diaryl/α,β-unsaturated/α-hetero) is 1. The van der Waals surface area contributed by atoms with Crippen LogP contribution in [0.4, 0.5) is 4.39 Å². The van der Waals surface area contributed by atoms with Gasteiger partial charge in [-0.3, -0.25) is 4.79 Å². The Morgan fingerprint density at radius 1 is 1.62 bits per heavy atom. The quantitative estimate of drug-likeness (QED) is 0.590. The van der Waals surface area contributed by atoms with Gasteiger partial charge in [0.05, 0.1) is 11.4 Å². The van der Waals surface area contributed by atoms with Gasteiger partial charge in [-0.2, -0.15) is 0 Å². The number of carbonyl (C=O) groups is 1. The first-order chi connectivity index (χ1) is 6.06. The predicted molar refractivity (Wildman–Crippen MR) is 47.9 cm³/mol. The standard InChI is InChI=1S/C9H8ClFO2/c1-5-2-6(8(13)4-10)9(11)7(12)3-5/h2-3,12H,4H2,1H3. The smallest absolute Gasteiger partial charge is 0.180 e. The van der Waals surface area contributed by atoms with Gasteiger partial charge in [0.25, 0.3) is 0 Å². The summed E-state index contributed by atoms with van der Waals surface area (Å²) < 4.78 is 13.1. The summed E-state index contributed by atoms with van der Waals surface area (Å²) in [6, 6.07) is 2.61. The van der Waals surface area contributed by atoms with Gasteiger partial charge in [-0.05, 0) is 24.6 Å². The van der Waals surface area contributed by atoms with Crippen molar-refractivity contribution in [1.82, 2.24) is 0 Å². The van der Waals surface area contributed by atoms with E-state index >= 15 is 0 Å². The third-order valence-electron chi connectivity index (χ3n) is 1.62. The first-order valence-corrected chi connectivity index (χ1v) is 4.18. The Kier molecular flexibility index (Phi) is 2.88. The van der Waals surface area contributed by atoms with E-state index < -0.39 is 17.3 Å². The molecule has 4 heteroatoms. The Morgan fingerprint density at radius 2 is 2.23 bits per heavy atom. The lowest BCUT2D eigenvalue weighted by atomic mass is 10.1. The Labute approximate surface area is 80.0 Å². The van der Waals surface area contributed by atoms with Crippen molar-refractivity contribution in [3.63, 3.8) is 0 Å². The molecular formula is C9H8ClFO2. The van der Waals surface area contributed by atoms with Crippen LogP contribution in [0.25, 0.3) is 0 Å². The second-order valence-corrected chi connectivity index (χ2v) is 2.97. The SMILES string of the molecule is Cc1cc(O)c(F)c(C(=O)CCl)c1. The number of ketones is 1. The maximum absolute atomic E-state index is 13.1. The molecule has 1 rings (SSSR count). The monoisotopic (exact) mass is 202 g/mol. The molecule has 0 saturated carbocycles. The molecule has 70 valence electrons. The fraction of sp³-hybridized carbons (Fsp3) is 0.222. The number of hydrogen-bond donors (Lipinski definition) is 1. The molecule has 1 N–H and O–H groups in total. The van der Waals surface area contributed by atoms with E-state index in [1.54, 1.807) is 6.92 Å². The highest BCUT2D eigenvalue weighted by Gasteiger charge is 2.14. The summed E-state index contributed by atoms with van der Waals surface area (Å²) in [6.45, 7) is 1.66. The Balaban J connectivity index is 3.28. The van der Waals surface area contributed by atoms with Crippen LogP contribution in [0.15, 0.2) is 12.1 Å². The van der Waals surface area contributed by atoms with Crippen molar-refractivity contribution in [2.75, 3.05) is 5.88 Å². The molecule has 0 aliphatic carbocycles. The number of rotatable bonds is 2. The highest BCUT2D eigenvalue weighted by molar-refractivity contribution is 6.30. The fourth-order valence-electron chi connectivity index (χ4n) is 1.02. The third kappa shape index (κ3) is 1.98. The van der Waals surface area contributed by atoms with Crippen molar-refractivity contribution < 1.29 is 14.3 Å². The largest absolute Gasteiger partial charge is 0.505 e. The van der Waals surface area contributed by atoms with E-state index in [9.17, 15) is 9.18 Å². The van der Waals surface area contributed by atoms with E-state index in [1.807, 2.05) is 0 Å². The van der Waals surface area contributed by atoms with Crippen molar-refractivity contribution in [3.8, 4) is 5.75 Å². The summed E-state index contributed by atoms with van der Waals surface area (Å²) in [5.74, 6) is -2.25. The zero-order valence-electron chi connectivity index (χ0n) is 6.97. The normalized spacial score (nSPS) is 10.1. The van der Waals surface area contributed by atoms with Gasteiger partial charge in [0.1, 0.15) is 0 Å². The number of alkyl halides is 1. The van der Waals surface area contributed by atoms with Gasteiger partial charge in [-0.15, -0.1) is 11.6 Å². The maximum Gasteiger partial charge on any atom is 0.180 e. The molecule has 13 heavy (non-hydrogen) atoms. The molecule has 0 aliphatic rings. The maximum atomic E-state index is 13.1. The van der Waals surface area contributed by atoms with E-state index in [4.69, 9.17) is 16.7 Å². The van der Waals surface area contributed by atoms with E-state index in [-0.39, 0.29) is 11.4 Å². The van der Waals surface area contributed by atoms with Gasteiger partial charge in [-0.25, -0.2) is 4.39 Å². The van der Waals surface area contributed by atoms with Gasteiger partial charge < -0.3 is 5.11 Å². The summed E-state index contributed by atoms with van der Waals surface area (Å²) in [4.78, 5) is 11.1. The molecule has 0 radical (unpaired) electrons. The molecule has 0 unspecified atom stereocenters. The second-order valence-electron chi connectivity index (χ2n) is 2.70. The molecule has 0 aliphatic heterocycles. The Bertz CT molecular complexity index is 350. The molecule has 0 amide bonds. The topological polar surface area (TPSA) is 37.3 Å². The molecule has 0 bridgehead atoms. The lowest BCUT2D eigenvalue weighted by Gasteiger charge is -2.03. The van der Waals surface area contributed by atoms with Crippen LogP contribution < -0.4 is 0 Å². The summed E-state index contributed by atoms with van der Waals surface area (Å²) in [5, 5.41) is 9.06. The Hall–Kier alpha value is -1.09. The van der Waals surface area contributed by atoms with Crippen LogP contribution >= 0.6 is 11.6 Å². The van der Waals surface area contributed by atoms with Crippen LogP contribution in [0, 0.1) is 12.7 Å². The first kappa shape index (κ1) is 9.99. The van der Waals surface area contributed by atoms with E-state index in [2.05, 4.69) is 0 Å². The summed E-state index contributed by atoms with van der Waals surface area (Å²) >= 11 is 5.27.